The molecule has 0 radical (unpaired) electrons. The van der Waals surface area contributed by atoms with Crippen molar-refractivity contribution in [3.8, 4) is 45.3 Å². The molecular formula is C51H29N3S2. The molecule has 3 aromatic heterocycles. The fourth-order valence-corrected chi connectivity index (χ4v) is 10.3. The van der Waals surface area contributed by atoms with Crippen LogP contribution in [-0.2, 0) is 0 Å². The predicted octanol–water partition coefficient (Wildman–Crippen LogP) is 14.7. The number of nitrogens with zero attached hydrogens (tertiary/aromatic N) is 3. The van der Waals surface area contributed by atoms with Crippen LogP contribution in [-0.4, -0.2) is 15.0 Å². The van der Waals surface area contributed by atoms with Crippen LogP contribution in [0.15, 0.2) is 176 Å². The van der Waals surface area contributed by atoms with Gasteiger partial charge in [-0.15, -0.1) is 22.7 Å². The Morgan fingerprint density at radius 2 is 0.964 bits per heavy atom. The first-order chi connectivity index (χ1) is 30.3. The number of fused-ring (bicyclic) bond motifs is 12. The average Bonchev–Trinajstić information content (AvgIpc) is 3.91. The van der Waals surface area contributed by atoms with Gasteiger partial charge >= 0.3 is 0 Å². The normalized spacial score (nSPS) is 13.4. The van der Waals surface area contributed by atoms with Gasteiger partial charge in [0.15, 0.2) is 17.5 Å². The fraction of sp³-hybridized carbons (Fsp3) is 0. The van der Waals surface area contributed by atoms with E-state index in [0.29, 0.717) is 42.9 Å². The maximum atomic E-state index is 9.79. The Morgan fingerprint density at radius 3 is 1.75 bits per heavy atom. The van der Waals surface area contributed by atoms with E-state index >= 15 is 0 Å². The second-order valence-electron chi connectivity index (χ2n) is 13.8. The first-order valence-corrected chi connectivity index (χ1v) is 19.9. The van der Waals surface area contributed by atoms with Crippen LogP contribution in [0.4, 0.5) is 0 Å². The minimum Gasteiger partial charge on any atom is -0.208 e. The van der Waals surface area contributed by atoms with Crippen molar-refractivity contribution < 1.29 is 8.22 Å². The number of rotatable bonds is 4. The zero-order valence-corrected chi connectivity index (χ0v) is 31.1. The molecule has 9 aromatic carbocycles. The highest BCUT2D eigenvalue weighted by molar-refractivity contribution is 7.26. The number of benzene rings is 9. The van der Waals surface area contributed by atoms with Crippen LogP contribution < -0.4 is 0 Å². The van der Waals surface area contributed by atoms with Crippen LogP contribution >= 0.6 is 22.7 Å². The van der Waals surface area contributed by atoms with Gasteiger partial charge in [-0.25, -0.2) is 15.0 Å². The molecule has 0 aliphatic heterocycles. The molecule has 0 unspecified atom stereocenters. The Hall–Kier alpha value is -6.79. The smallest absolute Gasteiger partial charge is 0.164 e. The summed E-state index contributed by atoms with van der Waals surface area (Å²) < 4.78 is 59.5. The summed E-state index contributed by atoms with van der Waals surface area (Å²) in [6.07, 6.45) is 0. The van der Waals surface area contributed by atoms with E-state index in [4.69, 9.17) is 17.7 Å². The third-order valence-corrected chi connectivity index (χ3v) is 12.8. The Kier molecular flexibility index (Phi) is 5.76. The molecule has 12 rings (SSSR count). The molecule has 0 spiro atoms. The highest BCUT2D eigenvalue weighted by Crippen LogP contribution is 2.44. The largest absolute Gasteiger partial charge is 0.208 e. The summed E-state index contributed by atoms with van der Waals surface area (Å²) in [4.78, 5) is 14.9. The van der Waals surface area contributed by atoms with Crippen LogP contribution in [0.5, 0.6) is 0 Å². The lowest BCUT2D eigenvalue weighted by Gasteiger charge is -2.12. The average molecular weight is 754 g/mol. The van der Waals surface area contributed by atoms with Crippen molar-refractivity contribution in [1.29, 1.82) is 0 Å². The molecule has 3 nitrogen and oxygen atoms in total. The van der Waals surface area contributed by atoms with Crippen LogP contribution in [0.3, 0.4) is 0 Å². The van der Waals surface area contributed by atoms with E-state index in [1.807, 2.05) is 97.1 Å². The molecule has 0 N–H and O–H groups in total. The SMILES string of the molecule is [2H]c1c([2H])c(-c2ccc3c4ccccc4c4ccccc4c3c2)c2c(sc3c([2H])c(-c4nc(-c5ccccc5)nc(-c5cccc6sc7ccccc7c56)n4)c([2H])c([2H])c32)c1[2H]. The van der Waals surface area contributed by atoms with Gasteiger partial charge in [0.25, 0.3) is 0 Å². The lowest BCUT2D eigenvalue weighted by atomic mass is 9.91. The standard InChI is InChI=1S/C51H29N3S2/c1-2-12-30(13-3-1)49-52-50(54-51(53-49)41-20-11-23-45-48(41)39-18-8-9-21-43(39)55-45)32-25-27-40-46(29-32)56-44-22-10-19-33(47(40)44)31-24-26-38-36-16-5-4-14-34(36)35-15-6-7-17-37(35)42(38)28-31/h1-29H/i10D,19D,22D,25D,27D,29D. The van der Waals surface area contributed by atoms with E-state index in [0.717, 1.165) is 75.0 Å². The molecule has 0 atom stereocenters. The first-order valence-electron chi connectivity index (χ1n) is 21.3. The summed E-state index contributed by atoms with van der Waals surface area (Å²) in [5.41, 5.74) is 2.66. The molecular weight excluding hydrogens is 719 g/mol. The van der Waals surface area contributed by atoms with Crippen LogP contribution in [0.1, 0.15) is 8.22 Å². The molecule has 56 heavy (non-hydrogen) atoms. The van der Waals surface area contributed by atoms with Crippen LogP contribution in [0.2, 0.25) is 0 Å². The Bertz CT molecular complexity index is 3870. The van der Waals surface area contributed by atoms with Gasteiger partial charge in [0.1, 0.15) is 0 Å². The molecule has 12 aromatic rings. The molecule has 5 heteroatoms. The molecule has 0 bridgehead atoms. The monoisotopic (exact) mass is 753 g/mol. The topological polar surface area (TPSA) is 38.7 Å². The highest BCUT2D eigenvalue weighted by Gasteiger charge is 2.19. The third kappa shape index (κ3) is 4.85. The summed E-state index contributed by atoms with van der Waals surface area (Å²) in [5.74, 6) is 0.847. The molecule has 0 fully saturated rings. The van der Waals surface area contributed by atoms with E-state index in [9.17, 15) is 5.48 Å². The van der Waals surface area contributed by atoms with Crippen molar-refractivity contribution in [2.45, 2.75) is 0 Å². The molecule has 3 heterocycles. The third-order valence-electron chi connectivity index (χ3n) is 10.6. The van der Waals surface area contributed by atoms with E-state index < -0.39 is 0 Å². The Labute approximate surface area is 338 Å². The summed E-state index contributed by atoms with van der Waals surface area (Å²) >= 11 is 2.83. The van der Waals surface area contributed by atoms with Crippen molar-refractivity contribution in [2.24, 2.45) is 0 Å². The maximum absolute atomic E-state index is 9.79. The summed E-state index contributed by atoms with van der Waals surface area (Å²) in [6.45, 7) is 0. The van der Waals surface area contributed by atoms with E-state index in [1.165, 1.54) is 0 Å². The van der Waals surface area contributed by atoms with Gasteiger partial charge in [-0.1, -0.05) is 145 Å². The summed E-state index contributed by atoms with van der Waals surface area (Å²) in [7, 11) is 0. The molecule has 0 saturated carbocycles. The van der Waals surface area contributed by atoms with Gasteiger partial charge in [0, 0.05) is 57.0 Å². The molecule has 0 amide bonds. The van der Waals surface area contributed by atoms with Crippen molar-refractivity contribution in [1.82, 2.24) is 15.0 Å². The van der Waals surface area contributed by atoms with Gasteiger partial charge in [-0.05, 0) is 73.7 Å². The van der Waals surface area contributed by atoms with Crippen molar-refractivity contribution >= 4 is 95.3 Å². The van der Waals surface area contributed by atoms with Gasteiger partial charge in [-0.2, -0.15) is 0 Å². The minimum absolute atomic E-state index is 0.0584. The van der Waals surface area contributed by atoms with Crippen molar-refractivity contribution in [3.63, 3.8) is 0 Å². The maximum Gasteiger partial charge on any atom is 0.164 e. The zero-order chi connectivity index (χ0) is 42.0. The molecule has 0 aliphatic carbocycles. The second kappa shape index (κ2) is 12.4. The van der Waals surface area contributed by atoms with Crippen molar-refractivity contribution in [3.05, 3.63) is 176 Å². The van der Waals surface area contributed by atoms with Gasteiger partial charge < -0.3 is 0 Å². The molecule has 0 saturated heterocycles. The second-order valence-corrected chi connectivity index (χ2v) is 15.9. The summed E-state index contributed by atoms with van der Waals surface area (Å²) in [5, 5.41) is 9.23. The zero-order valence-electron chi connectivity index (χ0n) is 35.4. The number of aromatic nitrogens is 3. The lowest BCUT2D eigenvalue weighted by molar-refractivity contribution is 1.08. The lowest BCUT2D eigenvalue weighted by Crippen LogP contribution is -2.00. The van der Waals surface area contributed by atoms with Crippen LogP contribution in [0.25, 0.3) is 118 Å². The fourth-order valence-electron chi connectivity index (χ4n) is 8.12. The predicted molar refractivity (Wildman–Crippen MR) is 240 cm³/mol. The Morgan fingerprint density at radius 1 is 0.357 bits per heavy atom. The number of thiophene rings is 2. The molecule has 260 valence electrons. The summed E-state index contributed by atoms with van der Waals surface area (Å²) in [6, 6.07) is 45.4. The number of hydrogen-bond acceptors (Lipinski definition) is 5. The highest BCUT2D eigenvalue weighted by atomic mass is 32.1. The van der Waals surface area contributed by atoms with E-state index in [1.54, 1.807) is 11.3 Å². The minimum atomic E-state index is -0.243. The Balaban J connectivity index is 1.13. The first kappa shape index (κ1) is 26.1. The molecule has 0 aliphatic rings. The quantitative estimate of drug-likeness (QED) is 0.168. The number of hydrogen-bond donors (Lipinski definition) is 0. The van der Waals surface area contributed by atoms with Gasteiger partial charge in [0.2, 0.25) is 0 Å². The van der Waals surface area contributed by atoms with E-state index in [-0.39, 0.29) is 47.6 Å². The van der Waals surface area contributed by atoms with Crippen molar-refractivity contribution in [2.75, 3.05) is 0 Å². The van der Waals surface area contributed by atoms with Crippen LogP contribution in [0, 0.1) is 0 Å². The van der Waals surface area contributed by atoms with Gasteiger partial charge in [-0.3, -0.25) is 0 Å². The van der Waals surface area contributed by atoms with Gasteiger partial charge in [0.05, 0.1) is 8.22 Å². The van der Waals surface area contributed by atoms with E-state index in [2.05, 4.69) is 42.5 Å².